The van der Waals surface area contributed by atoms with Gasteiger partial charge in [0.05, 0.1) is 11.9 Å². The molecule has 0 saturated carbocycles. The van der Waals surface area contributed by atoms with Crippen molar-refractivity contribution in [2.75, 3.05) is 24.5 Å². The quantitative estimate of drug-likeness (QED) is 0.838. The Morgan fingerprint density at radius 1 is 1.26 bits per heavy atom. The molecule has 0 aliphatic carbocycles. The molecular weight excluding hydrogens is 346 g/mol. The number of hydrogen-bond acceptors (Lipinski definition) is 5. The highest BCUT2D eigenvalue weighted by atomic mass is 16.2. The number of amides is 1. The van der Waals surface area contributed by atoms with Gasteiger partial charge >= 0.3 is 0 Å². The number of anilines is 1. The lowest BCUT2D eigenvalue weighted by Crippen LogP contribution is -2.37. The Balaban J connectivity index is 1.64. The predicted molar refractivity (Wildman–Crippen MR) is 103 cm³/mol. The van der Waals surface area contributed by atoms with Crippen LogP contribution in [0, 0.1) is 19.8 Å². The van der Waals surface area contributed by atoms with Gasteiger partial charge in [-0.15, -0.1) is 0 Å². The van der Waals surface area contributed by atoms with Crippen molar-refractivity contribution in [3.8, 4) is 0 Å². The van der Waals surface area contributed by atoms with Gasteiger partial charge in [0.15, 0.2) is 0 Å². The van der Waals surface area contributed by atoms with Crippen LogP contribution in [0.4, 0.5) is 5.69 Å². The minimum Gasteiger partial charge on any atom is -0.370 e. The summed E-state index contributed by atoms with van der Waals surface area (Å²) in [4.78, 5) is 38.8. The summed E-state index contributed by atoms with van der Waals surface area (Å²) in [5.74, 6) is -0.0746. The van der Waals surface area contributed by atoms with Crippen LogP contribution in [-0.2, 0) is 14.1 Å². The van der Waals surface area contributed by atoms with Crippen molar-refractivity contribution in [1.29, 1.82) is 0 Å². The maximum Gasteiger partial charge on any atom is 0.268 e. The molecule has 3 rings (SSSR count). The first-order valence-corrected chi connectivity index (χ1v) is 9.01. The molecule has 8 heteroatoms. The van der Waals surface area contributed by atoms with Crippen molar-refractivity contribution in [1.82, 2.24) is 19.7 Å². The molecule has 1 aliphatic heterocycles. The van der Waals surface area contributed by atoms with Crippen molar-refractivity contribution in [2.24, 2.45) is 20.0 Å². The van der Waals surface area contributed by atoms with Crippen molar-refractivity contribution < 1.29 is 4.79 Å². The smallest absolute Gasteiger partial charge is 0.268 e. The lowest BCUT2D eigenvalue weighted by Gasteiger charge is -2.18. The SMILES string of the molecule is Cc1cc(C)n(C)c(=O)c1C(=O)NC[C@H]1CCN(c2cnn(C)c(=O)c2)C1. The van der Waals surface area contributed by atoms with Crippen LogP contribution in [0.5, 0.6) is 0 Å². The zero-order valence-electron chi connectivity index (χ0n) is 16.2. The molecule has 1 amide bonds. The summed E-state index contributed by atoms with van der Waals surface area (Å²) < 4.78 is 2.78. The highest BCUT2D eigenvalue weighted by molar-refractivity contribution is 5.95. The van der Waals surface area contributed by atoms with E-state index in [2.05, 4.69) is 15.3 Å². The maximum atomic E-state index is 12.5. The van der Waals surface area contributed by atoms with Gasteiger partial charge in [-0.05, 0) is 37.8 Å². The molecule has 0 aromatic carbocycles. The fourth-order valence-corrected chi connectivity index (χ4v) is 3.45. The number of hydrogen-bond donors (Lipinski definition) is 1. The maximum absolute atomic E-state index is 12.5. The minimum atomic E-state index is -0.332. The summed E-state index contributed by atoms with van der Waals surface area (Å²) in [5.41, 5.74) is 2.10. The van der Waals surface area contributed by atoms with Gasteiger partial charge in [-0.25, -0.2) is 4.68 Å². The fourth-order valence-electron chi connectivity index (χ4n) is 3.45. The second-order valence-electron chi connectivity index (χ2n) is 7.19. The second-order valence-corrected chi connectivity index (χ2v) is 7.19. The molecule has 1 fully saturated rings. The second kappa shape index (κ2) is 7.38. The molecule has 0 radical (unpaired) electrons. The number of nitrogens with zero attached hydrogens (tertiary/aromatic N) is 4. The van der Waals surface area contributed by atoms with Crippen molar-refractivity contribution in [3.63, 3.8) is 0 Å². The van der Waals surface area contributed by atoms with Crippen LogP contribution < -0.4 is 21.3 Å². The standard InChI is InChI=1S/C19H25N5O3/c1-12-7-13(2)22(3)19(27)17(12)18(26)20-9-14-5-6-24(11-14)15-8-16(25)23(4)21-10-15/h7-8,10,14H,5-6,9,11H2,1-4H3,(H,20,26)/t14-/m1/s1. The van der Waals surface area contributed by atoms with Crippen LogP contribution in [0.15, 0.2) is 27.9 Å². The summed E-state index contributed by atoms with van der Waals surface area (Å²) in [7, 11) is 3.28. The third-order valence-corrected chi connectivity index (χ3v) is 5.25. The number of aryl methyl sites for hydroxylation is 3. The lowest BCUT2D eigenvalue weighted by atomic mass is 10.1. The van der Waals surface area contributed by atoms with E-state index in [1.807, 2.05) is 13.0 Å². The van der Waals surface area contributed by atoms with Crippen LogP contribution in [0.2, 0.25) is 0 Å². The molecule has 1 N–H and O–H groups in total. The van der Waals surface area contributed by atoms with E-state index < -0.39 is 0 Å². The summed E-state index contributed by atoms with van der Waals surface area (Å²) in [5, 5.41) is 6.95. The Labute approximate surface area is 157 Å². The average molecular weight is 371 g/mol. The molecular formula is C19H25N5O3. The van der Waals surface area contributed by atoms with E-state index in [-0.39, 0.29) is 28.5 Å². The van der Waals surface area contributed by atoms with E-state index >= 15 is 0 Å². The van der Waals surface area contributed by atoms with Crippen LogP contribution in [0.1, 0.15) is 28.0 Å². The molecule has 0 unspecified atom stereocenters. The van der Waals surface area contributed by atoms with Gasteiger partial charge in [0.1, 0.15) is 5.56 Å². The van der Waals surface area contributed by atoms with Crippen molar-refractivity contribution in [3.05, 3.63) is 55.9 Å². The number of carbonyl (C=O) groups is 1. The highest BCUT2D eigenvalue weighted by Crippen LogP contribution is 2.21. The van der Waals surface area contributed by atoms with Gasteiger partial charge in [0.25, 0.3) is 17.0 Å². The first kappa shape index (κ1) is 18.9. The van der Waals surface area contributed by atoms with Gasteiger partial charge in [-0.3, -0.25) is 14.4 Å². The van der Waals surface area contributed by atoms with Crippen LogP contribution >= 0.6 is 0 Å². The van der Waals surface area contributed by atoms with Gasteiger partial charge in [0.2, 0.25) is 0 Å². The van der Waals surface area contributed by atoms with Gasteiger partial charge in [-0.1, -0.05) is 0 Å². The molecule has 1 atom stereocenters. The summed E-state index contributed by atoms with van der Waals surface area (Å²) in [6.07, 6.45) is 2.59. The lowest BCUT2D eigenvalue weighted by molar-refractivity contribution is 0.0945. The number of carbonyl (C=O) groups excluding carboxylic acids is 1. The van der Waals surface area contributed by atoms with Gasteiger partial charge in [0, 0.05) is 45.5 Å². The summed E-state index contributed by atoms with van der Waals surface area (Å²) in [6, 6.07) is 3.42. The predicted octanol–water partition coefficient (Wildman–Crippen LogP) is 0.352. The van der Waals surface area contributed by atoms with E-state index in [1.54, 1.807) is 33.3 Å². The fraction of sp³-hybridized carbons (Fsp3) is 0.474. The molecule has 3 heterocycles. The molecule has 2 aromatic rings. The molecule has 1 aliphatic rings. The minimum absolute atomic E-state index is 0.144. The molecule has 27 heavy (non-hydrogen) atoms. The van der Waals surface area contributed by atoms with Crippen LogP contribution in [-0.4, -0.2) is 39.9 Å². The van der Waals surface area contributed by atoms with E-state index in [9.17, 15) is 14.4 Å². The van der Waals surface area contributed by atoms with E-state index in [0.29, 0.717) is 12.1 Å². The first-order valence-electron chi connectivity index (χ1n) is 9.01. The van der Waals surface area contributed by atoms with E-state index in [1.165, 1.54) is 9.25 Å². The van der Waals surface area contributed by atoms with Gasteiger partial charge < -0.3 is 14.8 Å². The van der Waals surface area contributed by atoms with Crippen molar-refractivity contribution in [2.45, 2.75) is 20.3 Å². The normalized spacial score (nSPS) is 16.6. The number of pyridine rings is 1. The van der Waals surface area contributed by atoms with E-state index in [0.717, 1.165) is 30.9 Å². The Bertz CT molecular complexity index is 992. The zero-order chi connectivity index (χ0) is 19.7. The van der Waals surface area contributed by atoms with Crippen molar-refractivity contribution >= 4 is 11.6 Å². The Morgan fingerprint density at radius 3 is 2.70 bits per heavy atom. The monoisotopic (exact) mass is 371 g/mol. The highest BCUT2D eigenvalue weighted by Gasteiger charge is 2.25. The molecule has 0 bridgehead atoms. The largest absolute Gasteiger partial charge is 0.370 e. The summed E-state index contributed by atoms with van der Waals surface area (Å²) in [6.45, 7) is 5.66. The molecule has 1 saturated heterocycles. The molecule has 144 valence electrons. The van der Waals surface area contributed by atoms with Gasteiger partial charge in [-0.2, -0.15) is 5.10 Å². The number of rotatable bonds is 4. The Kier molecular flexibility index (Phi) is 5.16. The number of nitrogens with one attached hydrogen (secondary N) is 1. The third kappa shape index (κ3) is 3.79. The molecule has 8 nitrogen and oxygen atoms in total. The topological polar surface area (TPSA) is 89.2 Å². The zero-order valence-corrected chi connectivity index (χ0v) is 16.2. The average Bonchev–Trinajstić information content (AvgIpc) is 3.09. The van der Waals surface area contributed by atoms with Crippen LogP contribution in [0.3, 0.4) is 0 Å². The van der Waals surface area contributed by atoms with Crippen LogP contribution in [0.25, 0.3) is 0 Å². The summed E-state index contributed by atoms with van der Waals surface area (Å²) >= 11 is 0. The first-order chi connectivity index (χ1) is 12.8. The Morgan fingerprint density at radius 2 is 2.00 bits per heavy atom. The number of aromatic nitrogens is 3. The third-order valence-electron chi connectivity index (χ3n) is 5.25. The molecule has 2 aromatic heterocycles. The Hall–Kier alpha value is -2.90. The van der Waals surface area contributed by atoms with E-state index in [4.69, 9.17) is 0 Å². The molecule has 0 spiro atoms.